The van der Waals surface area contributed by atoms with Gasteiger partial charge in [0.25, 0.3) is 0 Å². The molecule has 1 aliphatic rings. The van der Waals surface area contributed by atoms with E-state index in [-0.39, 0.29) is 11.3 Å². The minimum atomic E-state index is 0.129. The molecule has 170 valence electrons. The highest BCUT2D eigenvalue weighted by Gasteiger charge is 2.28. The zero-order chi connectivity index (χ0) is 22.6. The molecule has 0 aliphatic carbocycles. The summed E-state index contributed by atoms with van der Waals surface area (Å²) in [5, 5.41) is 12.9. The first-order chi connectivity index (χ1) is 15.4. The molecule has 1 saturated heterocycles. The third-order valence-corrected chi connectivity index (χ3v) is 7.19. The number of rotatable bonds is 7. The third-order valence-electron chi connectivity index (χ3n) is 6.32. The van der Waals surface area contributed by atoms with Crippen molar-refractivity contribution in [1.29, 1.82) is 0 Å². The van der Waals surface area contributed by atoms with E-state index in [0.717, 1.165) is 42.9 Å². The summed E-state index contributed by atoms with van der Waals surface area (Å²) in [6.07, 6.45) is 2.40. The van der Waals surface area contributed by atoms with Crippen molar-refractivity contribution in [2.75, 3.05) is 13.1 Å². The van der Waals surface area contributed by atoms with Gasteiger partial charge in [0.2, 0.25) is 5.91 Å². The highest BCUT2D eigenvalue weighted by molar-refractivity contribution is 7.09. The average Bonchev–Trinajstić information content (AvgIpc) is 3.45. The molecule has 0 bridgehead atoms. The summed E-state index contributed by atoms with van der Waals surface area (Å²) in [6.45, 7) is 9.13. The Bertz CT molecular complexity index is 1000. The lowest BCUT2D eigenvalue weighted by atomic mass is 9.81. The van der Waals surface area contributed by atoms with Crippen molar-refractivity contribution in [3.05, 3.63) is 64.0 Å². The van der Waals surface area contributed by atoms with Crippen LogP contribution in [0.5, 0.6) is 0 Å². The van der Waals surface area contributed by atoms with Crippen molar-refractivity contribution in [2.45, 2.75) is 52.0 Å². The lowest BCUT2D eigenvalue weighted by Gasteiger charge is -2.31. The van der Waals surface area contributed by atoms with Crippen molar-refractivity contribution < 1.29 is 9.32 Å². The second-order valence-electron chi connectivity index (χ2n) is 9.79. The summed E-state index contributed by atoms with van der Waals surface area (Å²) in [6, 6.07) is 14.6. The number of nitrogens with one attached hydrogen (secondary N) is 2. The molecule has 2 atom stereocenters. The fraction of sp³-hybridized carbons (Fsp3) is 0.462. The number of hydrogen-bond acceptors (Lipinski definition) is 5. The topological polar surface area (TPSA) is 67.2 Å². The van der Waals surface area contributed by atoms with Crippen LogP contribution in [0.4, 0.5) is 0 Å². The van der Waals surface area contributed by atoms with Gasteiger partial charge in [-0.3, -0.25) is 4.79 Å². The van der Waals surface area contributed by atoms with Crippen LogP contribution in [0.25, 0.3) is 11.3 Å². The molecular weight excluding hydrogens is 418 g/mol. The zero-order valence-electron chi connectivity index (χ0n) is 19.2. The second-order valence-corrected chi connectivity index (χ2v) is 10.8. The van der Waals surface area contributed by atoms with Gasteiger partial charge in [-0.05, 0) is 60.2 Å². The first-order valence-electron chi connectivity index (χ1n) is 11.4. The SMILES string of the molecule is CC(C)(C)c1ccc(-c2cc(C[C@H]3CNCC[C@H]3CC(=O)NCc3cccs3)no2)cc1. The Balaban J connectivity index is 1.36. The Hall–Kier alpha value is -2.44. The van der Waals surface area contributed by atoms with Gasteiger partial charge in [0.1, 0.15) is 0 Å². The number of amides is 1. The Morgan fingerprint density at radius 1 is 1.22 bits per heavy atom. The van der Waals surface area contributed by atoms with Gasteiger partial charge in [0, 0.05) is 22.9 Å². The van der Waals surface area contributed by atoms with Crippen LogP contribution in [0, 0.1) is 11.8 Å². The molecular formula is C26H33N3O2S. The summed E-state index contributed by atoms with van der Waals surface area (Å²) in [7, 11) is 0. The van der Waals surface area contributed by atoms with E-state index in [2.05, 4.69) is 73.0 Å². The van der Waals surface area contributed by atoms with Crippen molar-refractivity contribution in [2.24, 2.45) is 11.8 Å². The number of carbonyl (C=O) groups is 1. The number of carbonyl (C=O) groups excluding carboxylic acids is 1. The van der Waals surface area contributed by atoms with Crippen LogP contribution >= 0.6 is 11.3 Å². The van der Waals surface area contributed by atoms with Crippen molar-refractivity contribution >= 4 is 17.2 Å². The Morgan fingerprint density at radius 3 is 2.75 bits per heavy atom. The number of piperidine rings is 1. The van der Waals surface area contributed by atoms with E-state index in [4.69, 9.17) is 4.52 Å². The molecule has 0 radical (unpaired) electrons. The van der Waals surface area contributed by atoms with Crippen LogP contribution in [0.1, 0.15) is 49.7 Å². The molecule has 1 aliphatic heterocycles. The van der Waals surface area contributed by atoms with Gasteiger partial charge >= 0.3 is 0 Å². The number of nitrogens with zero attached hydrogens (tertiary/aromatic N) is 1. The highest BCUT2D eigenvalue weighted by Crippen LogP contribution is 2.29. The fourth-order valence-electron chi connectivity index (χ4n) is 4.34. The maximum atomic E-state index is 12.5. The smallest absolute Gasteiger partial charge is 0.220 e. The van der Waals surface area contributed by atoms with Crippen molar-refractivity contribution in [1.82, 2.24) is 15.8 Å². The molecule has 2 N–H and O–H groups in total. The van der Waals surface area contributed by atoms with E-state index in [0.29, 0.717) is 24.8 Å². The average molecular weight is 452 g/mol. The van der Waals surface area contributed by atoms with Crippen LogP contribution in [0.2, 0.25) is 0 Å². The van der Waals surface area contributed by atoms with E-state index < -0.39 is 0 Å². The van der Waals surface area contributed by atoms with Gasteiger partial charge in [-0.15, -0.1) is 11.3 Å². The molecule has 1 amide bonds. The Morgan fingerprint density at radius 2 is 2.03 bits per heavy atom. The lowest BCUT2D eigenvalue weighted by molar-refractivity contribution is -0.122. The molecule has 32 heavy (non-hydrogen) atoms. The fourth-order valence-corrected chi connectivity index (χ4v) is 4.99. The Labute approximate surface area is 194 Å². The molecule has 0 spiro atoms. The molecule has 2 aromatic heterocycles. The molecule has 4 rings (SSSR count). The molecule has 0 unspecified atom stereocenters. The van der Waals surface area contributed by atoms with Gasteiger partial charge in [0.15, 0.2) is 5.76 Å². The Kier molecular flexibility index (Phi) is 7.11. The molecule has 6 heteroatoms. The third kappa shape index (κ3) is 5.87. The molecule has 3 aromatic rings. The predicted octanol–water partition coefficient (Wildman–Crippen LogP) is 5.18. The molecule has 3 heterocycles. The molecule has 1 fully saturated rings. The highest BCUT2D eigenvalue weighted by atomic mass is 32.1. The van der Waals surface area contributed by atoms with Gasteiger partial charge in [-0.25, -0.2) is 0 Å². The number of thiophene rings is 1. The summed E-state index contributed by atoms with van der Waals surface area (Å²) in [4.78, 5) is 13.7. The summed E-state index contributed by atoms with van der Waals surface area (Å²) in [5.41, 5.74) is 3.43. The van der Waals surface area contributed by atoms with Crippen molar-refractivity contribution in [3.8, 4) is 11.3 Å². The molecule has 0 saturated carbocycles. The van der Waals surface area contributed by atoms with E-state index in [1.165, 1.54) is 10.4 Å². The van der Waals surface area contributed by atoms with Crippen LogP contribution in [0.3, 0.4) is 0 Å². The van der Waals surface area contributed by atoms with E-state index in [1.807, 2.05) is 11.4 Å². The largest absolute Gasteiger partial charge is 0.356 e. The van der Waals surface area contributed by atoms with Gasteiger partial charge in [-0.1, -0.05) is 56.3 Å². The van der Waals surface area contributed by atoms with Gasteiger partial charge in [-0.2, -0.15) is 0 Å². The summed E-state index contributed by atoms with van der Waals surface area (Å²) < 4.78 is 5.67. The maximum Gasteiger partial charge on any atom is 0.220 e. The van der Waals surface area contributed by atoms with Gasteiger partial charge in [0.05, 0.1) is 12.2 Å². The summed E-state index contributed by atoms with van der Waals surface area (Å²) in [5.74, 6) is 1.66. The zero-order valence-corrected chi connectivity index (χ0v) is 20.0. The monoisotopic (exact) mass is 451 g/mol. The van der Waals surface area contributed by atoms with Crippen LogP contribution < -0.4 is 10.6 Å². The summed E-state index contributed by atoms with van der Waals surface area (Å²) >= 11 is 1.67. The van der Waals surface area contributed by atoms with Crippen LogP contribution in [-0.4, -0.2) is 24.2 Å². The molecule has 5 nitrogen and oxygen atoms in total. The lowest BCUT2D eigenvalue weighted by Crippen LogP contribution is -2.40. The van der Waals surface area contributed by atoms with Crippen molar-refractivity contribution in [3.63, 3.8) is 0 Å². The first kappa shape index (κ1) is 22.7. The minimum Gasteiger partial charge on any atom is -0.356 e. The van der Waals surface area contributed by atoms with Crippen LogP contribution in [-0.2, 0) is 23.2 Å². The van der Waals surface area contributed by atoms with E-state index >= 15 is 0 Å². The predicted molar refractivity (Wildman–Crippen MR) is 130 cm³/mol. The van der Waals surface area contributed by atoms with E-state index in [9.17, 15) is 4.79 Å². The molecule has 1 aromatic carbocycles. The second kappa shape index (κ2) is 10.0. The minimum absolute atomic E-state index is 0.129. The quantitative estimate of drug-likeness (QED) is 0.520. The van der Waals surface area contributed by atoms with E-state index in [1.54, 1.807) is 11.3 Å². The first-order valence-corrected chi connectivity index (χ1v) is 12.3. The number of hydrogen-bond donors (Lipinski definition) is 2. The maximum absolute atomic E-state index is 12.5. The van der Waals surface area contributed by atoms with Crippen LogP contribution in [0.15, 0.2) is 52.4 Å². The normalized spacial score (nSPS) is 19.1. The number of benzene rings is 1. The van der Waals surface area contributed by atoms with Gasteiger partial charge < -0.3 is 15.2 Å². The standard InChI is InChI=1S/C26H33N3O2S/c1-26(2,3)21-8-6-18(7-9-21)24-15-22(29-31-24)13-20-16-27-11-10-19(20)14-25(30)28-17-23-5-4-12-32-23/h4-9,12,15,19-20,27H,10-11,13-14,16-17H2,1-3H3,(H,28,30)/t19-,20-/m0/s1. The number of aromatic nitrogens is 1.